The van der Waals surface area contributed by atoms with Crippen molar-refractivity contribution >= 4 is 63.2 Å². The van der Waals surface area contributed by atoms with Crippen molar-refractivity contribution in [3.8, 4) is 11.5 Å². The maximum absolute atomic E-state index is 14.2. The molecule has 2 aromatic carbocycles. The van der Waals surface area contributed by atoms with Crippen LogP contribution in [0.5, 0.6) is 11.5 Å². The fraction of sp³-hybridized carbons (Fsp3) is 0.570. The molecule has 2 unspecified atom stereocenters. The number of pyridine rings is 1. The van der Waals surface area contributed by atoms with Gasteiger partial charge in [-0.05, 0) is 107 Å². The molecule has 0 saturated carbocycles. The molecular weight excluding hydrogens is 1340 g/mol. The molecule has 1 saturated heterocycles. The molecule has 4 rings (SSSR count). The number of para-hydroxylation sites is 2. The first-order valence-electron chi connectivity index (χ1n) is 36.6. The van der Waals surface area contributed by atoms with E-state index in [1.54, 1.807) is 42.8 Å². The maximum atomic E-state index is 14.2. The number of carbonyl (C=O) groups excluding carboxylic acids is 7. The fourth-order valence-electron chi connectivity index (χ4n) is 10.3. The summed E-state index contributed by atoms with van der Waals surface area (Å²) in [5.74, 6) is -3.72. The van der Waals surface area contributed by atoms with Crippen LogP contribution in [0.3, 0.4) is 0 Å². The average Bonchev–Trinajstić information content (AvgIpc) is 0.802. The van der Waals surface area contributed by atoms with E-state index in [0.717, 1.165) is 83.5 Å². The van der Waals surface area contributed by atoms with E-state index >= 15 is 0 Å². The van der Waals surface area contributed by atoms with Crippen molar-refractivity contribution in [2.24, 2.45) is 5.41 Å². The van der Waals surface area contributed by atoms with E-state index in [0.29, 0.717) is 90.2 Å². The van der Waals surface area contributed by atoms with Crippen LogP contribution < -0.4 is 25.4 Å². The van der Waals surface area contributed by atoms with Gasteiger partial charge < -0.3 is 58.6 Å². The molecule has 1 fully saturated rings. The van der Waals surface area contributed by atoms with Crippen molar-refractivity contribution in [1.82, 2.24) is 25.8 Å². The van der Waals surface area contributed by atoms with Crippen LogP contribution in [0.15, 0.2) is 134 Å². The summed E-state index contributed by atoms with van der Waals surface area (Å²) in [7, 11) is 3.09. The molecule has 0 aliphatic carbocycles. The molecule has 3 amide bonds. The summed E-state index contributed by atoms with van der Waals surface area (Å²) < 4.78 is 54.9. The van der Waals surface area contributed by atoms with Crippen molar-refractivity contribution in [3.63, 3.8) is 0 Å². The lowest BCUT2D eigenvalue weighted by atomic mass is 9.86. The van der Waals surface area contributed by atoms with Crippen molar-refractivity contribution in [1.29, 1.82) is 0 Å². The van der Waals surface area contributed by atoms with Crippen LogP contribution in [-0.2, 0) is 52.3 Å². The minimum Gasteiger partial charge on any atom is -0.465 e. The minimum atomic E-state index is -1.58. The lowest BCUT2D eigenvalue weighted by Gasteiger charge is -2.48. The number of likely N-dealkylation sites (tertiary alicyclic amines) is 1. The van der Waals surface area contributed by atoms with Gasteiger partial charge in [-0.1, -0.05) is 181 Å². The van der Waals surface area contributed by atoms with Gasteiger partial charge in [0.05, 0.1) is 30.9 Å². The zero-order valence-corrected chi connectivity index (χ0v) is 63.1. The van der Waals surface area contributed by atoms with E-state index in [2.05, 4.69) is 109 Å². The van der Waals surface area contributed by atoms with Gasteiger partial charge in [0.15, 0.2) is 6.10 Å². The van der Waals surface area contributed by atoms with Gasteiger partial charge in [0.1, 0.15) is 48.0 Å². The lowest BCUT2D eigenvalue weighted by molar-refractivity contribution is -0.203. The van der Waals surface area contributed by atoms with Crippen molar-refractivity contribution in [3.05, 3.63) is 151 Å². The summed E-state index contributed by atoms with van der Waals surface area (Å²) in [6.45, 7) is 18.8. The third kappa shape index (κ3) is 36.5. The lowest BCUT2D eigenvalue weighted by Crippen LogP contribution is -2.65. The highest BCUT2D eigenvalue weighted by Crippen LogP contribution is 2.31. The summed E-state index contributed by atoms with van der Waals surface area (Å²) >= 11 is 0. The number of ether oxygens (including phenoxy) is 9. The van der Waals surface area contributed by atoms with Crippen molar-refractivity contribution in [2.75, 3.05) is 97.1 Å². The number of piperidine rings is 1. The van der Waals surface area contributed by atoms with E-state index in [9.17, 15) is 33.6 Å². The zero-order valence-electron chi connectivity index (χ0n) is 61.5. The molecule has 3 aromatic rings. The number of nitrogens with one attached hydrogen (secondary N) is 3. The summed E-state index contributed by atoms with van der Waals surface area (Å²) in [5.41, 5.74) is -1.51. The van der Waals surface area contributed by atoms with Gasteiger partial charge >= 0.3 is 23.9 Å². The third-order valence-electron chi connectivity index (χ3n) is 16.0. The Morgan fingerprint density at radius 3 is 1.75 bits per heavy atom. The van der Waals surface area contributed by atoms with Gasteiger partial charge in [0.2, 0.25) is 11.8 Å². The van der Waals surface area contributed by atoms with Gasteiger partial charge in [-0.2, -0.15) is 0 Å². The van der Waals surface area contributed by atoms with E-state index in [-0.39, 0.29) is 97.0 Å². The predicted molar refractivity (Wildman–Crippen MR) is 404 cm³/mol. The number of nitrogens with zero attached hydrogens (tertiary/aromatic N) is 2. The fourth-order valence-corrected chi connectivity index (χ4v) is 12.1. The molecule has 1 aromatic heterocycles. The molecule has 102 heavy (non-hydrogen) atoms. The van der Waals surface area contributed by atoms with E-state index < -0.39 is 41.3 Å². The second kappa shape index (κ2) is 54.7. The second-order valence-electron chi connectivity index (χ2n) is 25.1. The number of benzene rings is 2. The molecule has 564 valence electrons. The van der Waals surface area contributed by atoms with Crippen molar-refractivity contribution < 1.29 is 76.2 Å². The summed E-state index contributed by atoms with van der Waals surface area (Å²) in [6.07, 6.45) is 35.4. The number of aromatic nitrogens is 1. The molecule has 0 radical (unpaired) electrons. The van der Waals surface area contributed by atoms with E-state index in [1.165, 1.54) is 65.7 Å². The molecule has 1 aliphatic rings. The predicted octanol–water partition coefficient (Wildman–Crippen LogP) is 13.7. The minimum absolute atomic E-state index is 0.0724. The number of rotatable bonds is 55. The Hall–Kier alpha value is -6.96. The van der Waals surface area contributed by atoms with Crippen LogP contribution in [-0.4, -0.2) is 179 Å². The Balaban J connectivity index is 1.26. The Morgan fingerprint density at radius 1 is 0.578 bits per heavy atom. The maximum Gasteiger partial charge on any atom is 0.347 e. The first kappa shape index (κ1) is 87.4. The van der Waals surface area contributed by atoms with Crippen LogP contribution in [0.2, 0.25) is 0 Å². The largest absolute Gasteiger partial charge is 0.465 e. The smallest absolute Gasteiger partial charge is 0.347 e. The molecule has 2 heterocycles. The number of hydrogen-bond donors (Lipinski definition) is 3. The molecule has 21 nitrogen and oxygen atoms in total. The first-order valence-corrected chi connectivity index (χ1v) is 39.1. The van der Waals surface area contributed by atoms with Gasteiger partial charge in [0.25, 0.3) is 5.91 Å². The van der Waals surface area contributed by atoms with Crippen LogP contribution in [0.4, 0.5) is 0 Å². The average molecular weight is 1450 g/mol. The van der Waals surface area contributed by atoms with Gasteiger partial charge in [-0.3, -0.25) is 29.1 Å². The van der Waals surface area contributed by atoms with Gasteiger partial charge in [0, 0.05) is 101 Å². The van der Waals surface area contributed by atoms with Crippen LogP contribution in [0, 0.1) is 5.41 Å². The molecule has 23 heteroatoms. The first-order chi connectivity index (χ1) is 49.7. The highest BCUT2D eigenvalue weighted by atomic mass is 33.1. The standard InChI is InChI=1S/C79H115N5O16S2/c1-8-13-18-19-20-21-22-23-24-25-26-27-28-29-30-31-32-43-71(87)97-61-79(6,7)74(100-78(91)64-40-34-36-42-67(64)99-77(90)63-39-33-35-41-66(63)98-76(89)62-38-37-45-80-57-62)75(88)83-46-44-69(85)81-47-55-101-102-56-48-82-70(86)60-93-54-49-84-58-68(94-51-15-10-3)73(96-53-17-12-5)72(95-52-16-11-4)65(84)59-92-50-14-9-2/h13,18,20-21,23-24,26-27,29-30,33-42,45,57,65,68,72-74H,8-12,14-17,19,22,25,28,31-32,43-44,46-56,58-61H2,1-7H3,(H,81,85)(H,82,86)(H,83,88)/b18-13-,21-20-,24-23-,27-26-,30-29+/t65?,68?,72-,73-,74+/m1/s1. The summed E-state index contributed by atoms with van der Waals surface area (Å²) in [6, 6.07) is 14.7. The Labute approximate surface area is 614 Å². The Morgan fingerprint density at radius 2 is 1.14 bits per heavy atom. The number of unbranched alkanes of at least 4 members (excludes halogenated alkanes) is 5. The molecule has 0 bridgehead atoms. The second-order valence-corrected chi connectivity index (χ2v) is 27.8. The normalized spacial score (nSPS) is 16.1. The van der Waals surface area contributed by atoms with Gasteiger partial charge in [-0.15, -0.1) is 0 Å². The van der Waals surface area contributed by atoms with E-state index in [4.69, 9.17) is 42.6 Å². The molecule has 5 atom stereocenters. The molecule has 0 spiro atoms. The number of hydrogen-bond acceptors (Lipinski definition) is 20. The van der Waals surface area contributed by atoms with Gasteiger partial charge in [-0.25, -0.2) is 14.4 Å². The topological polar surface area (TPSA) is 255 Å². The molecular formula is C79H115N5O16S2. The third-order valence-corrected chi connectivity index (χ3v) is 18.4. The molecule has 1 aliphatic heterocycles. The Bertz CT molecular complexity index is 3040. The number of carbonyl (C=O) groups is 7. The Kier molecular flexibility index (Phi) is 46.9. The van der Waals surface area contributed by atoms with E-state index in [1.807, 2.05) is 12.2 Å². The number of esters is 4. The zero-order chi connectivity index (χ0) is 73.7. The van der Waals surface area contributed by atoms with Crippen LogP contribution >= 0.6 is 21.6 Å². The highest BCUT2D eigenvalue weighted by Gasteiger charge is 2.46. The monoisotopic (exact) mass is 1450 g/mol. The summed E-state index contributed by atoms with van der Waals surface area (Å²) in [5, 5.41) is 8.51. The number of amides is 3. The van der Waals surface area contributed by atoms with Crippen LogP contribution in [0.1, 0.15) is 189 Å². The number of allylic oxidation sites excluding steroid dienone is 10. The van der Waals surface area contributed by atoms with Crippen LogP contribution in [0.25, 0.3) is 0 Å². The summed E-state index contributed by atoms with van der Waals surface area (Å²) in [4.78, 5) is 100. The van der Waals surface area contributed by atoms with Crippen molar-refractivity contribution in [2.45, 2.75) is 188 Å². The molecule has 3 N–H and O–H groups in total. The quantitative estimate of drug-likeness (QED) is 0.0156. The SMILES string of the molecule is CC/C=C\C/C=C\C/C=C\C/C=C\C/C=C/CCCC(=O)OCC(C)(C)[C@@H](OC(=O)c1ccccc1OC(=O)c1ccccc1OC(=O)c1cccnc1)C(=O)NCCC(=O)NCCSSCCNC(=O)COCCN1CC(OCCCC)[C@@H](OCCCC)[C@H](OCCCC)C1COCCCC. The highest BCUT2D eigenvalue weighted by molar-refractivity contribution is 8.76.